The fourth-order valence-electron chi connectivity index (χ4n) is 3.02. The Morgan fingerprint density at radius 2 is 1.59 bits per heavy atom. The number of carbonyl (C=O) groups is 2. The molecule has 0 atom stereocenters. The molecule has 32 heavy (non-hydrogen) atoms. The molecule has 7 heteroatoms. The average molecular weight is 437 g/mol. The lowest BCUT2D eigenvalue weighted by Gasteiger charge is -2.14. The number of hydrogen-bond donors (Lipinski definition) is 0. The van der Waals surface area contributed by atoms with Crippen molar-refractivity contribution in [1.29, 1.82) is 0 Å². The highest BCUT2D eigenvalue weighted by molar-refractivity contribution is 6.14. The van der Waals surface area contributed by atoms with Crippen molar-refractivity contribution < 1.29 is 28.3 Å². The Bertz CT molecular complexity index is 1070. The van der Waals surface area contributed by atoms with Crippen molar-refractivity contribution in [2.45, 2.75) is 40.2 Å². The van der Waals surface area contributed by atoms with Gasteiger partial charge in [0.1, 0.15) is 0 Å². The first-order valence-corrected chi connectivity index (χ1v) is 10.7. The molecule has 168 valence electrons. The maximum Gasteiger partial charge on any atom is 0.339 e. The average Bonchev–Trinajstić information content (AvgIpc) is 3.24. The summed E-state index contributed by atoms with van der Waals surface area (Å²) in [6.07, 6.45) is 1.68. The van der Waals surface area contributed by atoms with E-state index in [0.29, 0.717) is 41.7 Å². The molecule has 0 aliphatic heterocycles. The molecule has 3 rings (SSSR count). The molecular formula is C25H27NO6. The minimum atomic E-state index is -0.617. The smallest absolute Gasteiger partial charge is 0.339 e. The number of aryl methyl sites for hydroxylation is 1. The number of carbonyl (C=O) groups excluding carboxylic acids is 2. The molecule has 7 nitrogen and oxygen atoms in total. The molecule has 0 saturated heterocycles. The first-order chi connectivity index (χ1) is 15.5. The fourth-order valence-corrected chi connectivity index (χ4v) is 3.02. The Balaban J connectivity index is 1.83. The Hall–Kier alpha value is -3.61. The zero-order valence-corrected chi connectivity index (χ0v) is 18.6. The Kier molecular flexibility index (Phi) is 8.02. The van der Waals surface area contributed by atoms with Crippen molar-refractivity contribution in [2.24, 2.45) is 0 Å². The number of ether oxygens (including phenoxy) is 3. The van der Waals surface area contributed by atoms with Crippen LogP contribution in [0.25, 0.3) is 0 Å². The quantitative estimate of drug-likeness (QED) is 0.303. The van der Waals surface area contributed by atoms with Crippen LogP contribution in [0, 0.1) is 6.92 Å². The summed E-state index contributed by atoms with van der Waals surface area (Å²) in [5.74, 6) is 0.601. The minimum absolute atomic E-state index is 0.0688. The third-order valence-electron chi connectivity index (χ3n) is 4.54. The standard InChI is InChI=1S/C25H27NO6/c1-4-12-29-22-11-10-18(15-23(22)30-13-5-2)24(27)20-8-6-7-9-21(20)25(28)31-16-19-14-17(3)26-32-19/h6-11,14-15H,4-5,12-13,16H2,1-3H3. The lowest BCUT2D eigenvalue weighted by atomic mass is 9.98. The normalized spacial score (nSPS) is 10.6. The van der Waals surface area contributed by atoms with E-state index >= 15 is 0 Å². The summed E-state index contributed by atoms with van der Waals surface area (Å²) in [6, 6.07) is 13.3. The second kappa shape index (κ2) is 11.1. The SMILES string of the molecule is CCCOc1ccc(C(=O)c2ccccc2C(=O)OCc2cc(C)no2)cc1OCCC. The molecule has 0 amide bonds. The molecule has 0 spiro atoms. The Morgan fingerprint density at radius 1 is 0.906 bits per heavy atom. The topological polar surface area (TPSA) is 87.9 Å². The van der Waals surface area contributed by atoms with Crippen LogP contribution in [0.3, 0.4) is 0 Å². The molecule has 1 heterocycles. The molecule has 0 N–H and O–H groups in total. The highest BCUT2D eigenvalue weighted by atomic mass is 16.5. The predicted molar refractivity (Wildman–Crippen MR) is 118 cm³/mol. The van der Waals surface area contributed by atoms with Gasteiger partial charge in [0, 0.05) is 17.2 Å². The third kappa shape index (κ3) is 5.75. The van der Waals surface area contributed by atoms with Gasteiger partial charge in [-0.3, -0.25) is 4.79 Å². The Labute approximate surface area is 187 Å². The molecule has 0 bridgehead atoms. The number of ketones is 1. The molecule has 0 aliphatic carbocycles. The number of benzene rings is 2. The van der Waals surface area contributed by atoms with Gasteiger partial charge < -0.3 is 18.7 Å². The van der Waals surface area contributed by atoms with Crippen molar-refractivity contribution >= 4 is 11.8 Å². The largest absolute Gasteiger partial charge is 0.490 e. The van der Waals surface area contributed by atoms with Crippen molar-refractivity contribution in [1.82, 2.24) is 5.16 Å². The Morgan fingerprint density at radius 3 is 2.25 bits per heavy atom. The summed E-state index contributed by atoms with van der Waals surface area (Å²) in [6.45, 7) is 6.79. The van der Waals surface area contributed by atoms with Gasteiger partial charge in [-0.1, -0.05) is 37.2 Å². The predicted octanol–water partition coefficient (Wildman–Crippen LogP) is 5.15. The number of esters is 1. The minimum Gasteiger partial charge on any atom is -0.490 e. The molecule has 0 unspecified atom stereocenters. The van der Waals surface area contributed by atoms with Gasteiger partial charge in [0.25, 0.3) is 0 Å². The second-order valence-corrected chi connectivity index (χ2v) is 7.24. The fraction of sp³-hybridized carbons (Fsp3) is 0.320. The van der Waals surface area contributed by atoms with Gasteiger partial charge in [-0.15, -0.1) is 0 Å². The molecule has 1 aromatic heterocycles. The molecular weight excluding hydrogens is 410 g/mol. The summed E-state index contributed by atoms with van der Waals surface area (Å²) in [5.41, 5.74) is 1.51. The van der Waals surface area contributed by atoms with E-state index in [9.17, 15) is 9.59 Å². The van der Waals surface area contributed by atoms with Gasteiger partial charge in [0.05, 0.1) is 24.5 Å². The van der Waals surface area contributed by atoms with Crippen LogP contribution in [0.15, 0.2) is 53.1 Å². The number of hydrogen-bond acceptors (Lipinski definition) is 7. The van der Waals surface area contributed by atoms with E-state index in [0.717, 1.165) is 12.8 Å². The summed E-state index contributed by atoms with van der Waals surface area (Å²) >= 11 is 0. The summed E-state index contributed by atoms with van der Waals surface area (Å²) < 4.78 is 21.9. The van der Waals surface area contributed by atoms with E-state index in [4.69, 9.17) is 18.7 Å². The van der Waals surface area contributed by atoms with E-state index in [1.165, 1.54) is 0 Å². The zero-order chi connectivity index (χ0) is 22.9. The van der Waals surface area contributed by atoms with Crippen molar-refractivity contribution in [3.8, 4) is 11.5 Å². The van der Waals surface area contributed by atoms with Crippen LogP contribution in [0.4, 0.5) is 0 Å². The van der Waals surface area contributed by atoms with Gasteiger partial charge in [-0.2, -0.15) is 0 Å². The van der Waals surface area contributed by atoms with E-state index in [1.54, 1.807) is 55.5 Å². The molecule has 2 aromatic carbocycles. The van der Waals surface area contributed by atoms with E-state index < -0.39 is 5.97 Å². The van der Waals surface area contributed by atoms with Crippen LogP contribution >= 0.6 is 0 Å². The monoisotopic (exact) mass is 437 g/mol. The first-order valence-electron chi connectivity index (χ1n) is 10.7. The van der Waals surface area contributed by atoms with Crippen LogP contribution in [0.2, 0.25) is 0 Å². The summed E-state index contributed by atoms with van der Waals surface area (Å²) in [4.78, 5) is 25.9. The molecule has 0 saturated carbocycles. The summed E-state index contributed by atoms with van der Waals surface area (Å²) in [5, 5.41) is 3.77. The van der Waals surface area contributed by atoms with Gasteiger partial charge >= 0.3 is 5.97 Å². The van der Waals surface area contributed by atoms with E-state index in [1.807, 2.05) is 13.8 Å². The highest BCUT2D eigenvalue weighted by Gasteiger charge is 2.21. The van der Waals surface area contributed by atoms with E-state index in [2.05, 4.69) is 5.16 Å². The first kappa shape index (κ1) is 23.1. The van der Waals surface area contributed by atoms with Crippen LogP contribution in [0.5, 0.6) is 11.5 Å². The van der Waals surface area contributed by atoms with Gasteiger partial charge in [-0.05, 0) is 44.0 Å². The maximum absolute atomic E-state index is 13.3. The van der Waals surface area contributed by atoms with Crippen molar-refractivity contribution in [3.05, 3.63) is 76.7 Å². The van der Waals surface area contributed by atoms with Gasteiger partial charge in [-0.25, -0.2) is 4.79 Å². The lowest BCUT2D eigenvalue weighted by Crippen LogP contribution is -2.13. The number of rotatable bonds is 11. The van der Waals surface area contributed by atoms with Crippen LogP contribution in [0.1, 0.15) is 64.4 Å². The molecule has 0 aliphatic rings. The lowest BCUT2D eigenvalue weighted by molar-refractivity contribution is 0.0435. The third-order valence-corrected chi connectivity index (χ3v) is 4.54. The molecule has 0 fully saturated rings. The van der Waals surface area contributed by atoms with Gasteiger partial charge in [0.15, 0.2) is 29.6 Å². The highest BCUT2D eigenvalue weighted by Crippen LogP contribution is 2.30. The molecule has 3 aromatic rings. The zero-order valence-electron chi connectivity index (χ0n) is 18.6. The van der Waals surface area contributed by atoms with Gasteiger partial charge in [0.2, 0.25) is 0 Å². The van der Waals surface area contributed by atoms with Crippen molar-refractivity contribution in [2.75, 3.05) is 13.2 Å². The summed E-state index contributed by atoms with van der Waals surface area (Å²) in [7, 11) is 0. The van der Waals surface area contributed by atoms with Crippen molar-refractivity contribution in [3.63, 3.8) is 0 Å². The number of nitrogens with zero attached hydrogens (tertiary/aromatic N) is 1. The van der Waals surface area contributed by atoms with Crippen LogP contribution < -0.4 is 9.47 Å². The van der Waals surface area contributed by atoms with E-state index in [-0.39, 0.29) is 23.5 Å². The number of aromatic nitrogens is 1. The van der Waals surface area contributed by atoms with Crippen LogP contribution in [-0.4, -0.2) is 30.1 Å². The van der Waals surface area contributed by atoms with Crippen LogP contribution in [-0.2, 0) is 11.3 Å². The second-order valence-electron chi connectivity index (χ2n) is 7.24. The molecule has 0 radical (unpaired) electrons. The maximum atomic E-state index is 13.3.